The van der Waals surface area contributed by atoms with Gasteiger partial charge in [0.1, 0.15) is 11.5 Å². The van der Waals surface area contributed by atoms with Crippen molar-refractivity contribution >= 4 is 17.7 Å². The first-order valence-electron chi connectivity index (χ1n) is 9.73. The monoisotopic (exact) mass is 385 g/mol. The molecule has 0 fully saturated rings. The van der Waals surface area contributed by atoms with Crippen molar-refractivity contribution in [2.45, 2.75) is 25.8 Å². The molecule has 5 nitrogen and oxygen atoms in total. The van der Waals surface area contributed by atoms with E-state index >= 15 is 0 Å². The highest BCUT2D eigenvalue weighted by Crippen LogP contribution is 2.25. The van der Waals surface area contributed by atoms with Gasteiger partial charge < -0.3 is 15.8 Å². The molecule has 0 radical (unpaired) electrons. The number of aromatic nitrogens is 1. The Morgan fingerprint density at radius 1 is 1.07 bits per heavy atom. The van der Waals surface area contributed by atoms with Gasteiger partial charge >= 0.3 is 0 Å². The van der Waals surface area contributed by atoms with Gasteiger partial charge in [-0.15, -0.1) is 0 Å². The van der Waals surface area contributed by atoms with E-state index in [9.17, 15) is 4.79 Å². The SMILES string of the molecule is NCc1cc(Oc2cccc(/C=C/C(=O)Nc3ccc4c(c3)CCC4)c2)ccn1. The lowest BCUT2D eigenvalue weighted by atomic mass is 10.1. The first kappa shape index (κ1) is 18.9. The molecule has 0 atom stereocenters. The van der Waals surface area contributed by atoms with Crippen molar-refractivity contribution < 1.29 is 9.53 Å². The van der Waals surface area contributed by atoms with Crippen molar-refractivity contribution in [2.24, 2.45) is 5.73 Å². The number of hydrogen-bond acceptors (Lipinski definition) is 4. The highest BCUT2D eigenvalue weighted by atomic mass is 16.5. The third-order valence-electron chi connectivity index (χ3n) is 4.88. The molecule has 1 amide bonds. The fraction of sp³-hybridized carbons (Fsp3) is 0.167. The molecular weight excluding hydrogens is 362 g/mol. The van der Waals surface area contributed by atoms with Crippen molar-refractivity contribution in [1.29, 1.82) is 0 Å². The maximum atomic E-state index is 12.3. The number of aryl methyl sites for hydroxylation is 2. The van der Waals surface area contributed by atoms with Gasteiger partial charge in [-0.05, 0) is 72.4 Å². The summed E-state index contributed by atoms with van der Waals surface area (Å²) in [4.78, 5) is 16.4. The van der Waals surface area contributed by atoms with Crippen molar-refractivity contribution in [1.82, 2.24) is 4.98 Å². The minimum Gasteiger partial charge on any atom is -0.457 e. The van der Waals surface area contributed by atoms with E-state index < -0.39 is 0 Å². The Kier molecular flexibility index (Phi) is 5.68. The molecule has 1 aliphatic rings. The minimum absolute atomic E-state index is 0.156. The van der Waals surface area contributed by atoms with E-state index in [1.54, 1.807) is 18.3 Å². The first-order chi connectivity index (χ1) is 14.2. The van der Waals surface area contributed by atoms with E-state index in [1.807, 2.05) is 36.4 Å². The molecule has 0 saturated heterocycles. The molecule has 1 aromatic heterocycles. The fourth-order valence-electron chi connectivity index (χ4n) is 3.45. The fourth-order valence-corrected chi connectivity index (χ4v) is 3.45. The van der Waals surface area contributed by atoms with E-state index in [0.29, 0.717) is 18.0 Å². The van der Waals surface area contributed by atoms with Crippen LogP contribution in [0.4, 0.5) is 5.69 Å². The summed E-state index contributed by atoms with van der Waals surface area (Å²) < 4.78 is 5.88. The molecule has 4 rings (SSSR count). The molecule has 1 aliphatic carbocycles. The largest absolute Gasteiger partial charge is 0.457 e. The standard InChI is InChI=1S/C24H23N3O2/c25-16-21-15-23(11-12-26-21)29-22-6-1-3-17(13-22)7-10-24(28)27-20-9-8-18-4-2-5-19(18)14-20/h1,3,6-15H,2,4-5,16,25H2,(H,27,28)/b10-7+. The summed E-state index contributed by atoms with van der Waals surface area (Å²) in [5.41, 5.74) is 10.8. The van der Waals surface area contributed by atoms with Crippen LogP contribution in [0.1, 0.15) is 28.8 Å². The van der Waals surface area contributed by atoms with Crippen LogP contribution in [-0.2, 0) is 24.2 Å². The van der Waals surface area contributed by atoms with Gasteiger partial charge in [0.15, 0.2) is 0 Å². The van der Waals surface area contributed by atoms with Crippen LogP contribution < -0.4 is 15.8 Å². The number of rotatable bonds is 6. The Balaban J connectivity index is 1.40. The molecule has 29 heavy (non-hydrogen) atoms. The van der Waals surface area contributed by atoms with E-state index in [2.05, 4.69) is 22.4 Å². The zero-order valence-corrected chi connectivity index (χ0v) is 16.1. The number of amides is 1. The third-order valence-corrected chi connectivity index (χ3v) is 4.88. The molecule has 0 aliphatic heterocycles. The van der Waals surface area contributed by atoms with Crippen LogP contribution in [0, 0.1) is 0 Å². The van der Waals surface area contributed by atoms with Crippen LogP contribution in [0.2, 0.25) is 0 Å². The predicted molar refractivity (Wildman–Crippen MR) is 115 cm³/mol. The van der Waals surface area contributed by atoms with Crippen molar-refractivity contribution in [2.75, 3.05) is 5.32 Å². The van der Waals surface area contributed by atoms with Crippen molar-refractivity contribution in [3.8, 4) is 11.5 Å². The van der Waals surface area contributed by atoms with Gasteiger partial charge in [0.25, 0.3) is 0 Å². The second kappa shape index (κ2) is 8.71. The van der Waals surface area contributed by atoms with Gasteiger partial charge in [0.05, 0.1) is 5.69 Å². The Morgan fingerprint density at radius 3 is 2.83 bits per heavy atom. The topological polar surface area (TPSA) is 77.2 Å². The van der Waals surface area contributed by atoms with E-state index in [1.165, 1.54) is 23.6 Å². The number of benzene rings is 2. The van der Waals surface area contributed by atoms with Crippen LogP contribution in [0.5, 0.6) is 11.5 Å². The van der Waals surface area contributed by atoms with Gasteiger partial charge in [0.2, 0.25) is 5.91 Å². The van der Waals surface area contributed by atoms with Gasteiger partial charge in [0, 0.05) is 30.6 Å². The summed E-state index contributed by atoms with van der Waals surface area (Å²) >= 11 is 0. The number of pyridine rings is 1. The summed E-state index contributed by atoms with van der Waals surface area (Å²) in [6.07, 6.45) is 8.39. The molecule has 0 saturated carbocycles. The van der Waals surface area contributed by atoms with Gasteiger partial charge in [-0.25, -0.2) is 0 Å². The number of nitrogens with two attached hydrogens (primary N) is 1. The number of nitrogens with zero attached hydrogens (tertiary/aromatic N) is 1. The number of carbonyl (C=O) groups is 1. The van der Waals surface area contributed by atoms with E-state index in [-0.39, 0.29) is 5.91 Å². The number of hydrogen-bond donors (Lipinski definition) is 2. The normalized spacial score (nSPS) is 12.7. The zero-order valence-electron chi connectivity index (χ0n) is 16.1. The number of ether oxygens (including phenoxy) is 1. The average Bonchev–Trinajstić information content (AvgIpc) is 3.21. The molecule has 146 valence electrons. The van der Waals surface area contributed by atoms with Crippen LogP contribution in [0.15, 0.2) is 66.9 Å². The number of fused-ring (bicyclic) bond motifs is 1. The summed E-state index contributed by atoms with van der Waals surface area (Å²) in [6, 6.07) is 17.3. The molecule has 0 bridgehead atoms. The second-order valence-electron chi connectivity index (χ2n) is 7.02. The van der Waals surface area contributed by atoms with Crippen LogP contribution in [0.25, 0.3) is 6.08 Å². The average molecular weight is 385 g/mol. The summed E-state index contributed by atoms with van der Waals surface area (Å²) in [5.74, 6) is 1.20. The number of nitrogens with one attached hydrogen (secondary N) is 1. The van der Waals surface area contributed by atoms with Crippen molar-refractivity contribution in [3.05, 3.63) is 89.3 Å². The minimum atomic E-state index is -0.156. The number of carbonyl (C=O) groups excluding carboxylic acids is 1. The maximum absolute atomic E-state index is 12.3. The Bertz CT molecular complexity index is 1060. The maximum Gasteiger partial charge on any atom is 0.248 e. The Morgan fingerprint density at radius 2 is 1.93 bits per heavy atom. The zero-order chi connectivity index (χ0) is 20.1. The summed E-state index contributed by atoms with van der Waals surface area (Å²) in [6.45, 7) is 0.360. The second-order valence-corrected chi connectivity index (χ2v) is 7.02. The molecule has 0 spiro atoms. The van der Waals surface area contributed by atoms with Crippen molar-refractivity contribution in [3.63, 3.8) is 0 Å². The third kappa shape index (κ3) is 4.89. The molecule has 3 aromatic rings. The Labute approximate surface area is 170 Å². The highest BCUT2D eigenvalue weighted by Gasteiger charge is 2.11. The molecule has 1 heterocycles. The van der Waals surface area contributed by atoms with E-state index in [4.69, 9.17) is 10.5 Å². The molecule has 0 unspecified atom stereocenters. The lowest BCUT2D eigenvalue weighted by Gasteiger charge is -2.07. The molecule has 5 heteroatoms. The molecule has 3 N–H and O–H groups in total. The van der Waals surface area contributed by atoms with Gasteiger partial charge in [-0.3, -0.25) is 9.78 Å². The Hall–Kier alpha value is -3.44. The predicted octanol–water partition coefficient (Wildman–Crippen LogP) is 4.47. The van der Waals surface area contributed by atoms with Crippen LogP contribution in [0.3, 0.4) is 0 Å². The van der Waals surface area contributed by atoms with Gasteiger partial charge in [-0.1, -0.05) is 18.2 Å². The smallest absolute Gasteiger partial charge is 0.248 e. The lowest BCUT2D eigenvalue weighted by Crippen LogP contribution is -2.08. The number of anilines is 1. The van der Waals surface area contributed by atoms with E-state index in [0.717, 1.165) is 29.8 Å². The lowest BCUT2D eigenvalue weighted by molar-refractivity contribution is -0.111. The van der Waals surface area contributed by atoms with Crippen LogP contribution in [-0.4, -0.2) is 10.9 Å². The first-order valence-corrected chi connectivity index (χ1v) is 9.73. The summed E-state index contributed by atoms with van der Waals surface area (Å²) in [5, 5.41) is 2.93. The molecule has 2 aromatic carbocycles. The quantitative estimate of drug-likeness (QED) is 0.614. The molecular formula is C24H23N3O2. The highest BCUT2D eigenvalue weighted by molar-refractivity contribution is 6.02. The summed E-state index contributed by atoms with van der Waals surface area (Å²) in [7, 11) is 0. The van der Waals surface area contributed by atoms with Gasteiger partial charge in [-0.2, -0.15) is 0 Å². The van der Waals surface area contributed by atoms with Crippen LogP contribution >= 0.6 is 0 Å².